The zero-order chi connectivity index (χ0) is 15.1. The van der Waals surface area contributed by atoms with E-state index in [0.29, 0.717) is 0 Å². The molecule has 1 atom stereocenters. The molecule has 0 aliphatic carbocycles. The van der Waals surface area contributed by atoms with E-state index in [9.17, 15) is 0 Å². The number of hydrogen-bond acceptors (Lipinski definition) is 3. The summed E-state index contributed by atoms with van der Waals surface area (Å²) in [5, 5.41) is 2.51. The summed E-state index contributed by atoms with van der Waals surface area (Å²) in [7, 11) is 0. The average molecular weight is 303 g/mol. The fraction of sp³-hybridized carbons (Fsp3) is 0.444. The molecule has 0 aliphatic heterocycles. The van der Waals surface area contributed by atoms with Crippen LogP contribution in [0.5, 0.6) is 5.75 Å². The molecule has 0 amide bonds. The van der Waals surface area contributed by atoms with Crippen molar-refractivity contribution in [3.63, 3.8) is 0 Å². The van der Waals surface area contributed by atoms with Crippen molar-refractivity contribution in [1.82, 2.24) is 0 Å². The van der Waals surface area contributed by atoms with Gasteiger partial charge in [-0.3, -0.25) is 0 Å². The van der Waals surface area contributed by atoms with Crippen LogP contribution in [0.2, 0.25) is 0 Å². The molecule has 0 bridgehead atoms. The first-order chi connectivity index (χ1) is 10.2. The summed E-state index contributed by atoms with van der Waals surface area (Å²) in [6, 6.07) is 12.8. The van der Waals surface area contributed by atoms with E-state index in [1.807, 2.05) is 18.7 Å². The predicted molar refractivity (Wildman–Crippen MR) is 94.4 cm³/mol. The van der Waals surface area contributed by atoms with E-state index in [1.54, 1.807) is 0 Å². The molecule has 0 aliphatic rings. The van der Waals surface area contributed by atoms with Gasteiger partial charge >= 0.3 is 0 Å². The largest absolute Gasteiger partial charge is 0.493 e. The Hall–Kier alpha value is -1.19. The standard InChI is InChI=1S/C18H25NOS/c1-3-21-12-6-11-20-18-10-9-15-7-4-5-8-16(15)17(18)13-14(2)19/h4-5,7-10,14H,3,6,11-13,19H2,1-2H3. The third-order valence-corrected chi connectivity index (χ3v) is 4.40. The lowest BCUT2D eigenvalue weighted by Gasteiger charge is -2.16. The molecule has 0 fully saturated rings. The Morgan fingerprint density at radius 1 is 1.19 bits per heavy atom. The first kappa shape index (κ1) is 16.2. The zero-order valence-electron chi connectivity index (χ0n) is 13.0. The number of benzene rings is 2. The van der Waals surface area contributed by atoms with Crippen LogP contribution >= 0.6 is 11.8 Å². The van der Waals surface area contributed by atoms with Gasteiger partial charge in [0.05, 0.1) is 6.61 Å². The molecule has 2 rings (SSSR count). The average Bonchev–Trinajstić information content (AvgIpc) is 2.48. The highest BCUT2D eigenvalue weighted by atomic mass is 32.2. The maximum absolute atomic E-state index is 6.02. The van der Waals surface area contributed by atoms with Gasteiger partial charge in [0.25, 0.3) is 0 Å². The maximum Gasteiger partial charge on any atom is 0.123 e. The Morgan fingerprint density at radius 2 is 2.00 bits per heavy atom. The second-order valence-corrected chi connectivity index (χ2v) is 6.74. The van der Waals surface area contributed by atoms with Crippen LogP contribution in [0, 0.1) is 0 Å². The molecule has 0 heterocycles. The van der Waals surface area contributed by atoms with Crippen LogP contribution in [0.15, 0.2) is 36.4 Å². The summed E-state index contributed by atoms with van der Waals surface area (Å²) >= 11 is 1.96. The summed E-state index contributed by atoms with van der Waals surface area (Å²) in [6.45, 7) is 5.01. The number of thioether (sulfide) groups is 1. The van der Waals surface area contributed by atoms with Gasteiger partial charge in [-0.1, -0.05) is 37.3 Å². The van der Waals surface area contributed by atoms with Crippen molar-refractivity contribution < 1.29 is 4.74 Å². The van der Waals surface area contributed by atoms with E-state index in [4.69, 9.17) is 10.5 Å². The molecular weight excluding hydrogens is 278 g/mol. The van der Waals surface area contributed by atoms with Gasteiger partial charge in [-0.25, -0.2) is 0 Å². The SMILES string of the molecule is CCSCCCOc1ccc2ccccc2c1CC(C)N. The van der Waals surface area contributed by atoms with Gasteiger partial charge in [-0.05, 0) is 48.1 Å². The molecular formula is C18H25NOS. The van der Waals surface area contributed by atoms with Crippen molar-refractivity contribution in [2.24, 2.45) is 5.73 Å². The van der Waals surface area contributed by atoms with Gasteiger partial charge in [0.15, 0.2) is 0 Å². The number of rotatable bonds is 8. The first-order valence-electron chi connectivity index (χ1n) is 7.69. The van der Waals surface area contributed by atoms with Crippen LogP contribution in [-0.2, 0) is 6.42 Å². The summed E-state index contributed by atoms with van der Waals surface area (Å²) in [4.78, 5) is 0. The van der Waals surface area contributed by atoms with Crippen LogP contribution in [-0.4, -0.2) is 24.2 Å². The predicted octanol–water partition coefficient (Wildman–Crippen LogP) is 4.25. The number of nitrogens with two attached hydrogens (primary N) is 1. The minimum absolute atomic E-state index is 0.133. The van der Waals surface area contributed by atoms with E-state index in [-0.39, 0.29) is 6.04 Å². The van der Waals surface area contributed by atoms with Gasteiger partial charge in [0.1, 0.15) is 5.75 Å². The monoisotopic (exact) mass is 303 g/mol. The lowest BCUT2D eigenvalue weighted by Crippen LogP contribution is -2.18. The van der Waals surface area contributed by atoms with Gasteiger partial charge < -0.3 is 10.5 Å². The van der Waals surface area contributed by atoms with Crippen LogP contribution in [0.1, 0.15) is 25.8 Å². The molecule has 0 saturated heterocycles. The van der Waals surface area contributed by atoms with Crippen molar-refractivity contribution in [2.45, 2.75) is 32.7 Å². The van der Waals surface area contributed by atoms with E-state index in [0.717, 1.165) is 31.0 Å². The summed E-state index contributed by atoms with van der Waals surface area (Å²) in [6.07, 6.45) is 1.93. The Labute approximate surface area is 132 Å². The maximum atomic E-state index is 6.02. The highest BCUT2D eigenvalue weighted by molar-refractivity contribution is 7.99. The lowest BCUT2D eigenvalue weighted by atomic mass is 9.98. The highest BCUT2D eigenvalue weighted by Crippen LogP contribution is 2.29. The Kier molecular flexibility index (Phi) is 6.40. The summed E-state index contributed by atoms with van der Waals surface area (Å²) < 4.78 is 6.02. The topological polar surface area (TPSA) is 35.2 Å². The lowest BCUT2D eigenvalue weighted by molar-refractivity contribution is 0.315. The van der Waals surface area contributed by atoms with Crippen molar-refractivity contribution in [2.75, 3.05) is 18.1 Å². The van der Waals surface area contributed by atoms with Crippen LogP contribution < -0.4 is 10.5 Å². The molecule has 0 spiro atoms. The van der Waals surface area contributed by atoms with Crippen LogP contribution in [0.4, 0.5) is 0 Å². The van der Waals surface area contributed by atoms with E-state index < -0.39 is 0 Å². The van der Waals surface area contributed by atoms with Crippen LogP contribution in [0.3, 0.4) is 0 Å². The second-order valence-electron chi connectivity index (χ2n) is 5.34. The minimum Gasteiger partial charge on any atom is -0.493 e. The molecule has 3 heteroatoms. The molecule has 1 unspecified atom stereocenters. The number of ether oxygens (including phenoxy) is 1. The van der Waals surface area contributed by atoms with E-state index in [1.165, 1.54) is 22.1 Å². The smallest absolute Gasteiger partial charge is 0.123 e. The molecule has 0 radical (unpaired) electrons. The van der Waals surface area contributed by atoms with Crippen LogP contribution in [0.25, 0.3) is 10.8 Å². The molecule has 0 saturated carbocycles. The minimum atomic E-state index is 0.133. The number of fused-ring (bicyclic) bond motifs is 1. The molecule has 2 aromatic carbocycles. The van der Waals surface area contributed by atoms with Gasteiger partial charge in [0, 0.05) is 11.6 Å². The van der Waals surface area contributed by atoms with Crippen molar-refractivity contribution in [3.8, 4) is 5.75 Å². The van der Waals surface area contributed by atoms with Gasteiger partial charge in [-0.15, -0.1) is 0 Å². The molecule has 21 heavy (non-hydrogen) atoms. The quantitative estimate of drug-likeness (QED) is 0.740. The fourth-order valence-corrected chi connectivity index (χ4v) is 3.08. The number of hydrogen-bond donors (Lipinski definition) is 1. The van der Waals surface area contributed by atoms with Crippen molar-refractivity contribution >= 4 is 22.5 Å². The van der Waals surface area contributed by atoms with Crippen molar-refractivity contribution in [3.05, 3.63) is 42.0 Å². The molecule has 0 aromatic heterocycles. The van der Waals surface area contributed by atoms with E-state index >= 15 is 0 Å². The highest BCUT2D eigenvalue weighted by Gasteiger charge is 2.10. The Balaban J connectivity index is 2.17. The molecule has 2 nitrogen and oxygen atoms in total. The fourth-order valence-electron chi connectivity index (χ4n) is 2.47. The normalized spacial score (nSPS) is 12.5. The van der Waals surface area contributed by atoms with Crippen molar-refractivity contribution in [1.29, 1.82) is 0 Å². The first-order valence-corrected chi connectivity index (χ1v) is 8.84. The van der Waals surface area contributed by atoms with E-state index in [2.05, 4.69) is 43.3 Å². The third kappa shape index (κ3) is 4.65. The second kappa shape index (κ2) is 8.30. The summed E-state index contributed by atoms with van der Waals surface area (Å²) in [5.74, 6) is 3.33. The Morgan fingerprint density at radius 3 is 2.76 bits per heavy atom. The Bertz CT molecular complexity index is 568. The third-order valence-electron chi connectivity index (χ3n) is 3.42. The zero-order valence-corrected chi connectivity index (χ0v) is 13.8. The van der Waals surface area contributed by atoms with Gasteiger partial charge in [0.2, 0.25) is 0 Å². The summed E-state index contributed by atoms with van der Waals surface area (Å²) in [5.41, 5.74) is 7.26. The molecule has 2 aromatic rings. The molecule has 2 N–H and O–H groups in total. The van der Waals surface area contributed by atoms with Gasteiger partial charge in [-0.2, -0.15) is 11.8 Å². The molecule has 114 valence electrons.